The van der Waals surface area contributed by atoms with Crippen LogP contribution in [0.15, 0.2) is 36.4 Å². The van der Waals surface area contributed by atoms with Gasteiger partial charge in [0.25, 0.3) is 5.91 Å². The maximum atomic E-state index is 13.1. The van der Waals surface area contributed by atoms with Gasteiger partial charge in [-0.15, -0.1) is 11.3 Å². The van der Waals surface area contributed by atoms with Crippen LogP contribution in [0.2, 0.25) is 0 Å². The number of benzene rings is 1. The third kappa shape index (κ3) is 2.72. The monoisotopic (exact) mass is 408 g/mol. The standard InChI is InChI=1S/C22H20N2O4S/c23-19(25)17-14-8-7-10-3-1-2-4-13(10)18(14)29-21(17)24-20(26)15-11-5-6-12(9-11)16(15)22(27)28/h1-6,11-12,15-16H,7-9H2,(H2,23,25)(H,24,26)(H,27,28). The predicted octanol–water partition coefficient (Wildman–Crippen LogP) is 3.07. The lowest BCUT2D eigenvalue weighted by Crippen LogP contribution is -2.36. The molecule has 148 valence electrons. The first kappa shape index (κ1) is 18.1. The molecule has 29 heavy (non-hydrogen) atoms. The van der Waals surface area contributed by atoms with E-state index in [4.69, 9.17) is 5.73 Å². The van der Waals surface area contributed by atoms with E-state index in [1.54, 1.807) is 0 Å². The van der Waals surface area contributed by atoms with Crippen LogP contribution in [0.3, 0.4) is 0 Å². The van der Waals surface area contributed by atoms with Gasteiger partial charge in [0.1, 0.15) is 5.00 Å². The van der Waals surface area contributed by atoms with Crippen molar-refractivity contribution in [1.29, 1.82) is 0 Å². The number of hydrogen-bond acceptors (Lipinski definition) is 4. The Morgan fingerprint density at radius 2 is 1.79 bits per heavy atom. The van der Waals surface area contributed by atoms with Gasteiger partial charge in [0.15, 0.2) is 0 Å². The van der Waals surface area contributed by atoms with Crippen LogP contribution >= 0.6 is 11.3 Å². The Morgan fingerprint density at radius 3 is 2.52 bits per heavy atom. The van der Waals surface area contributed by atoms with Gasteiger partial charge in [0.2, 0.25) is 5.91 Å². The highest BCUT2D eigenvalue weighted by atomic mass is 32.1. The van der Waals surface area contributed by atoms with E-state index < -0.39 is 23.7 Å². The average molecular weight is 408 g/mol. The summed E-state index contributed by atoms with van der Waals surface area (Å²) in [6, 6.07) is 8.03. The summed E-state index contributed by atoms with van der Waals surface area (Å²) < 4.78 is 0. The molecule has 0 saturated heterocycles. The zero-order valence-corrected chi connectivity index (χ0v) is 16.4. The van der Waals surface area contributed by atoms with E-state index in [2.05, 4.69) is 11.4 Å². The van der Waals surface area contributed by atoms with Gasteiger partial charge in [-0.25, -0.2) is 0 Å². The molecule has 0 aliphatic heterocycles. The van der Waals surface area contributed by atoms with E-state index in [1.165, 1.54) is 16.9 Å². The fourth-order valence-corrected chi connectivity index (χ4v) is 6.52. The summed E-state index contributed by atoms with van der Waals surface area (Å²) in [5.41, 5.74) is 9.18. The molecule has 1 heterocycles. The fourth-order valence-electron chi connectivity index (χ4n) is 5.20. The van der Waals surface area contributed by atoms with Crippen LogP contribution in [0.5, 0.6) is 0 Å². The summed E-state index contributed by atoms with van der Waals surface area (Å²) in [5.74, 6) is -3.40. The number of anilines is 1. The number of rotatable bonds is 4. The lowest BCUT2D eigenvalue weighted by molar-refractivity contribution is -0.146. The normalized spacial score (nSPS) is 26.1. The minimum atomic E-state index is -0.948. The van der Waals surface area contributed by atoms with Gasteiger partial charge in [0, 0.05) is 4.88 Å². The molecule has 4 N–H and O–H groups in total. The fraction of sp³-hybridized carbons (Fsp3) is 0.318. The minimum absolute atomic E-state index is 0.0755. The molecule has 2 bridgehead atoms. The number of primary amides is 1. The lowest BCUT2D eigenvalue weighted by atomic mass is 9.82. The number of aryl methyl sites for hydroxylation is 1. The summed E-state index contributed by atoms with van der Waals surface area (Å²) in [5, 5.41) is 12.9. The molecule has 1 saturated carbocycles. The second-order valence-electron chi connectivity index (χ2n) is 7.96. The van der Waals surface area contributed by atoms with E-state index in [0.717, 1.165) is 22.4 Å². The average Bonchev–Trinajstić information content (AvgIpc) is 3.39. The number of carboxylic acid groups (broad SMARTS) is 1. The van der Waals surface area contributed by atoms with Crippen molar-refractivity contribution in [2.45, 2.75) is 19.3 Å². The molecule has 1 aromatic carbocycles. The van der Waals surface area contributed by atoms with Gasteiger partial charge in [-0.3, -0.25) is 14.4 Å². The number of allylic oxidation sites excluding steroid dienone is 2. The van der Waals surface area contributed by atoms with Crippen LogP contribution in [-0.2, 0) is 22.4 Å². The first-order valence-electron chi connectivity index (χ1n) is 9.71. The molecule has 1 aromatic heterocycles. The van der Waals surface area contributed by atoms with Crippen molar-refractivity contribution in [2.24, 2.45) is 29.4 Å². The zero-order valence-electron chi connectivity index (χ0n) is 15.6. The second-order valence-corrected chi connectivity index (χ2v) is 8.98. The highest BCUT2D eigenvalue weighted by molar-refractivity contribution is 7.20. The van der Waals surface area contributed by atoms with Gasteiger partial charge < -0.3 is 16.2 Å². The molecule has 4 atom stereocenters. The maximum Gasteiger partial charge on any atom is 0.307 e. The third-order valence-corrected chi connectivity index (χ3v) is 7.62. The first-order valence-corrected chi connectivity index (χ1v) is 10.5. The maximum absolute atomic E-state index is 13.1. The SMILES string of the molecule is NC(=O)c1c(NC(=O)C2C3C=CC(C3)C2C(=O)O)sc2c1CCc1ccccc1-2. The quantitative estimate of drug-likeness (QED) is 0.675. The Morgan fingerprint density at radius 1 is 1.07 bits per heavy atom. The molecular formula is C22H20N2O4S. The van der Waals surface area contributed by atoms with Crippen molar-refractivity contribution >= 4 is 34.1 Å². The van der Waals surface area contributed by atoms with Crippen molar-refractivity contribution in [3.63, 3.8) is 0 Å². The number of hydrogen-bond donors (Lipinski definition) is 3. The number of carboxylic acids is 1. The number of nitrogens with two attached hydrogens (primary N) is 1. The molecule has 0 radical (unpaired) electrons. The number of fused-ring (bicyclic) bond motifs is 5. The van der Waals surface area contributed by atoms with Crippen LogP contribution in [0, 0.1) is 23.7 Å². The van der Waals surface area contributed by atoms with Crippen molar-refractivity contribution in [1.82, 2.24) is 0 Å². The zero-order chi connectivity index (χ0) is 20.3. The smallest absolute Gasteiger partial charge is 0.307 e. The predicted molar refractivity (Wildman–Crippen MR) is 110 cm³/mol. The van der Waals surface area contributed by atoms with Gasteiger partial charge in [-0.2, -0.15) is 0 Å². The highest BCUT2D eigenvalue weighted by Gasteiger charge is 2.51. The summed E-state index contributed by atoms with van der Waals surface area (Å²) in [6.45, 7) is 0. The van der Waals surface area contributed by atoms with Gasteiger partial charge in [-0.1, -0.05) is 36.4 Å². The molecule has 6 nitrogen and oxygen atoms in total. The number of nitrogens with one attached hydrogen (secondary N) is 1. The number of aliphatic carboxylic acids is 1. The van der Waals surface area contributed by atoms with Gasteiger partial charge >= 0.3 is 5.97 Å². The number of thiophene rings is 1. The van der Waals surface area contributed by atoms with E-state index in [-0.39, 0.29) is 17.7 Å². The summed E-state index contributed by atoms with van der Waals surface area (Å²) in [4.78, 5) is 38.0. The molecule has 2 aromatic rings. The van der Waals surface area contributed by atoms with Crippen LogP contribution in [0.1, 0.15) is 27.9 Å². The largest absolute Gasteiger partial charge is 0.481 e. The molecule has 3 aliphatic carbocycles. The number of amides is 2. The Bertz CT molecular complexity index is 1090. The third-order valence-electron chi connectivity index (χ3n) is 6.44. The Hall–Kier alpha value is -2.93. The molecule has 0 spiro atoms. The molecule has 7 heteroatoms. The van der Waals surface area contributed by atoms with E-state index >= 15 is 0 Å². The molecule has 3 aliphatic rings. The molecule has 2 amide bonds. The Kier molecular flexibility index (Phi) is 4.10. The van der Waals surface area contributed by atoms with E-state index in [0.29, 0.717) is 23.4 Å². The van der Waals surface area contributed by atoms with Crippen LogP contribution in [-0.4, -0.2) is 22.9 Å². The van der Waals surface area contributed by atoms with Crippen molar-refractivity contribution in [3.8, 4) is 10.4 Å². The number of carbonyl (C=O) groups is 3. The van der Waals surface area contributed by atoms with Gasteiger partial charge in [0.05, 0.1) is 17.4 Å². The Labute approximate surface area is 171 Å². The summed E-state index contributed by atoms with van der Waals surface area (Å²) in [7, 11) is 0. The van der Waals surface area contributed by atoms with Crippen molar-refractivity contribution in [2.75, 3.05) is 5.32 Å². The molecule has 1 fully saturated rings. The van der Waals surface area contributed by atoms with Crippen molar-refractivity contribution < 1.29 is 19.5 Å². The summed E-state index contributed by atoms with van der Waals surface area (Å²) in [6.07, 6.45) is 6.03. The summed E-state index contributed by atoms with van der Waals surface area (Å²) >= 11 is 1.35. The second kappa shape index (κ2) is 6.56. The number of carbonyl (C=O) groups excluding carboxylic acids is 2. The highest BCUT2D eigenvalue weighted by Crippen LogP contribution is 2.50. The van der Waals surface area contributed by atoms with Gasteiger partial charge in [-0.05, 0) is 47.8 Å². The molecule has 4 unspecified atom stereocenters. The topological polar surface area (TPSA) is 109 Å². The minimum Gasteiger partial charge on any atom is -0.481 e. The van der Waals surface area contributed by atoms with E-state index in [1.807, 2.05) is 30.4 Å². The molecule has 5 rings (SSSR count). The van der Waals surface area contributed by atoms with Crippen LogP contribution < -0.4 is 11.1 Å². The Balaban J connectivity index is 1.52. The van der Waals surface area contributed by atoms with Crippen LogP contribution in [0.4, 0.5) is 5.00 Å². The first-order chi connectivity index (χ1) is 14.0. The molecular weight excluding hydrogens is 388 g/mol. The van der Waals surface area contributed by atoms with E-state index in [9.17, 15) is 19.5 Å². The van der Waals surface area contributed by atoms with Crippen molar-refractivity contribution in [3.05, 3.63) is 53.1 Å². The lowest BCUT2D eigenvalue weighted by Gasteiger charge is -2.23. The van der Waals surface area contributed by atoms with Crippen LogP contribution in [0.25, 0.3) is 10.4 Å².